The second kappa shape index (κ2) is 7.23. The highest BCUT2D eigenvalue weighted by atomic mass is 16.4. The minimum absolute atomic E-state index is 0.0778. The van der Waals surface area contributed by atoms with Crippen LogP contribution in [0.4, 0.5) is 10.5 Å². The summed E-state index contributed by atoms with van der Waals surface area (Å²) in [6, 6.07) is 10.8. The van der Waals surface area contributed by atoms with Crippen LogP contribution in [0.5, 0.6) is 0 Å². The van der Waals surface area contributed by atoms with E-state index in [4.69, 9.17) is 4.42 Å². The summed E-state index contributed by atoms with van der Waals surface area (Å²) < 4.78 is 7.29. The molecule has 0 fully saturated rings. The van der Waals surface area contributed by atoms with E-state index in [1.54, 1.807) is 12.1 Å². The molecule has 2 aromatic heterocycles. The highest BCUT2D eigenvalue weighted by Gasteiger charge is 2.12. The summed E-state index contributed by atoms with van der Waals surface area (Å²) in [6.45, 7) is 3.19. The summed E-state index contributed by atoms with van der Waals surface area (Å²) in [5.41, 5.74) is 1.86. The van der Waals surface area contributed by atoms with Crippen LogP contribution in [-0.2, 0) is 6.54 Å². The number of carbonyl (C=O) groups excluding carboxylic acids is 1. The summed E-state index contributed by atoms with van der Waals surface area (Å²) in [4.78, 5) is 12.0. The van der Waals surface area contributed by atoms with Gasteiger partial charge in [-0.15, -0.1) is 0 Å². The molecule has 0 spiro atoms. The number of fused-ring (bicyclic) bond motifs is 1. The van der Waals surface area contributed by atoms with E-state index in [9.17, 15) is 9.90 Å². The van der Waals surface area contributed by atoms with Crippen molar-refractivity contribution in [3.05, 3.63) is 54.6 Å². The minimum atomic E-state index is -0.865. The molecule has 126 valence electrons. The van der Waals surface area contributed by atoms with Crippen LogP contribution in [0.15, 0.2) is 53.3 Å². The van der Waals surface area contributed by atoms with Crippen LogP contribution in [-0.4, -0.2) is 22.2 Å². The molecule has 2 amide bonds. The second-order valence-corrected chi connectivity index (χ2v) is 5.65. The molecule has 0 saturated carbocycles. The first-order valence-corrected chi connectivity index (χ1v) is 8.02. The van der Waals surface area contributed by atoms with Gasteiger partial charge in [0.1, 0.15) is 11.9 Å². The van der Waals surface area contributed by atoms with Gasteiger partial charge in [-0.1, -0.05) is 6.92 Å². The van der Waals surface area contributed by atoms with E-state index >= 15 is 0 Å². The highest BCUT2D eigenvalue weighted by Crippen LogP contribution is 2.21. The van der Waals surface area contributed by atoms with E-state index in [1.165, 1.54) is 6.26 Å². The third kappa shape index (κ3) is 3.60. The summed E-state index contributed by atoms with van der Waals surface area (Å²) in [5.74, 6) is 0.425. The molecule has 3 rings (SSSR count). The molecule has 1 unspecified atom stereocenters. The first-order chi connectivity index (χ1) is 11.7. The molecule has 1 atom stereocenters. The predicted molar refractivity (Wildman–Crippen MR) is 92.9 cm³/mol. The zero-order chi connectivity index (χ0) is 16.9. The molecule has 0 aliphatic heterocycles. The largest absolute Gasteiger partial charge is 0.467 e. The Balaban J connectivity index is 1.59. The van der Waals surface area contributed by atoms with E-state index in [0.717, 1.165) is 23.9 Å². The van der Waals surface area contributed by atoms with Gasteiger partial charge >= 0.3 is 6.03 Å². The maximum Gasteiger partial charge on any atom is 0.319 e. The van der Waals surface area contributed by atoms with Crippen molar-refractivity contribution in [3.63, 3.8) is 0 Å². The molecule has 3 aromatic rings. The van der Waals surface area contributed by atoms with Gasteiger partial charge in [0.25, 0.3) is 0 Å². The van der Waals surface area contributed by atoms with Gasteiger partial charge in [0.15, 0.2) is 0 Å². The van der Waals surface area contributed by atoms with Gasteiger partial charge in [-0.25, -0.2) is 4.79 Å². The van der Waals surface area contributed by atoms with Gasteiger partial charge in [-0.3, -0.25) is 0 Å². The van der Waals surface area contributed by atoms with E-state index in [2.05, 4.69) is 28.3 Å². The highest BCUT2D eigenvalue weighted by molar-refractivity contribution is 5.92. The number of hydrogen-bond acceptors (Lipinski definition) is 3. The molecule has 0 saturated heterocycles. The van der Waals surface area contributed by atoms with Gasteiger partial charge in [0.05, 0.1) is 12.8 Å². The minimum Gasteiger partial charge on any atom is -0.467 e. The van der Waals surface area contributed by atoms with E-state index in [1.807, 2.05) is 24.3 Å². The summed E-state index contributed by atoms with van der Waals surface area (Å²) >= 11 is 0. The van der Waals surface area contributed by atoms with Gasteiger partial charge in [0.2, 0.25) is 0 Å². The normalized spacial score (nSPS) is 12.2. The average Bonchev–Trinajstić information content (AvgIpc) is 3.23. The maximum atomic E-state index is 12.0. The molecule has 0 radical (unpaired) electrons. The molecule has 6 heteroatoms. The Hall–Kier alpha value is -2.73. The number of nitrogens with zero attached hydrogens (tertiary/aromatic N) is 1. The Labute approximate surface area is 140 Å². The number of urea groups is 1. The lowest BCUT2D eigenvalue weighted by Crippen LogP contribution is -2.32. The third-order valence-corrected chi connectivity index (χ3v) is 3.82. The van der Waals surface area contributed by atoms with Crippen molar-refractivity contribution in [2.45, 2.75) is 26.0 Å². The number of carbonyl (C=O) groups is 1. The number of aromatic nitrogens is 1. The second-order valence-electron chi connectivity index (χ2n) is 5.65. The molecule has 24 heavy (non-hydrogen) atoms. The number of anilines is 1. The van der Waals surface area contributed by atoms with Crippen molar-refractivity contribution in [1.29, 1.82) is 0 Å². The number of amides is 2. The summed E-state index contributed by atoms with van der Waals surface area (Å²) in [5, 5.41) is 16.4. The van der Waals surface area contributed by atoms with Crippen LogP contribution in [0.2, 0.25) is 0 Å². The Morgan fingerprint density at radius 1 is 1.33 bits per heavy atom. The van der Waals surface area contributed by atoms with Gasteiger partial charge in [-0.2, -0.15) is 0 Å². The van der Waals surface area contributed by atoms with Crippen molar-refractivity contribution in [2.24, 2.45) is 0 Å². The molecule has 0 aliphatic rings. The van der Waals surface area contributed by atoms with Crippen LogP contribution < -0.4 is 10.6 Å². The Bertz CT molecular complexity index is 808. The fourth-order valence-electron chi connectivity index (χ4n) is 2.66. The third-order valence-electron chi connectivity index (χ3n) is 3.82. The van der Waals surface area contributed by atoms with Gasteiger partial charge in [-0.05, 0) is 42.8 Å². The molecule has 2 heterocycles. The fraction of sp³-hybridized carbons (Fsp3) is 0.278. The van der Waals surface area contributed by atoms with Crippen LogP contribution in [0, 0.1) is 0 Å². The maximum absolute atomic E-state index is 12.0. The molecule has 0 aliphatic carbocycles. The van der Waals surface area contributed by atoms with Crippen molar-refractivity contribution >= 4 is 22.6 Å². The number of benzene rings is 1. The number of nitrogens with one attached hydrogen (secondary N) is 2. The lowest BCUT2D eigenvalue weighted by atomic mass is 10.2. The van der Waals surface area contributed by atoms with Crippen LogP contribution in [0.3, 0.4) is 0 Å². The number of aliphatic hydroxyl groups excluding tert-OH is 1. The number of furan rings is 1. The van der Waals surface area contributed by atoms with E-state index in [-0.39, 0.29) is 12.6 Å². The molecule has 3 N–H and O–H groups in total. The van der Waals surface area contributed by atoms with Gasteiger partial charge < -0.3 is 24.7 Å². The molecular formula is C18H21N3O3. The zero-order valence-electron chi connectivity index (χ0n) is 13.5. The van der Waals surface area contributed by atoms with Crippen molar-refractivity contribution < 1.29 is 14.3 Å². The number of rotatable bonds is 6. The monoisotopic (exact) mass is 327 g/mol. The van der Waals surface area contributed by atoms with E-state index in [0.29, 0.717) is 11.4 Å². The molecule has 6 nitrogen and oxygen atoms in total. The quantitative estimate of drug-likeness (QED) is 0.648. The molecular weight excluding hydrogens is 306 g/mol. The number of aliphatic hydroxyl groups is 1. The molecule has 1 aromatic carbocycles. The van der Waals surface area contributed by atoms with Crippen molar-refractivity contribution in [2.75, 3.05) is 11.9 Å². The van der Waals surface area contributed by atoms with Crippen LogP contribution >= 0.6 is 0 Å². The fourth-order valence-corrected chi connectivity index (χ4v) is 2.66. The Kier molecular flexibility index (Phi) is 4.86. The zero-order valence-corrected chi connectivity index (χ0v) is 13.5. The topological polar surface area (TPSA) is 79.4 Å². The van der Waals surface area contributed by atoms with Gasteiger partial charge in [0, 0.05) is 29.3 Å². The van der Waals surface area contributed by atoms with Crippen molar-refractivity contribution in [3.8, 4) is 0 Å². The standard InChI is InChI=1S/C18H21N3O3/c1-2-8-21-9-7-13-11-14(5-6-15(13)21)20-18(23)19-12-16(22)17-4-3-10-24-17/h3-7,9-11,16,22H,2,8,12H2,1H3,(H2,19,20,23). The average molecular weight is 327 g/mol. The Morgan fingerprint density at radius 2 is 2.21 bits per heavy atom. The summed E-state index contributed by atoms with van der Waals surface area (Å²) in [6.07, 6.45) is 3.75. The number of aryl methyl sites for hydroxylation is 1. The Morgan fingerprint density at radius 3 is 2.96 bits per heavy atom. The number of hydrogen-bond donors (Lipinski definition) is 3. The predicted octanol–water partition coefficient (Wildman–Crippen LogP) is 3.50. The lowest BCUT2D eigenvalue weighted by molar-refractivity contribution is 0.149. The first kappa shape index (κ1) is 16.1. The van der Waals surface area contributed by atoms with E-state index < -0.39 is 6.10 Å². The van der Waals surface area contributed by atoms with Crippen LogP contribution in [0.25, 0.3) is 10.9 Å². The molecule has 0 bridgehead atoms. The smallest absolute Gasteiger partial charge is 0.319 e. The first-order valence-electron chi connectivity index (χ1n) is 8.02. The van der Waals surface area contributed by atoms with Crippen LogP contribution in [0.1, 0.15) is 25.2 Å². The SMILES string of the molecule is CCCn1ccc2cc(NC(=O)NCC(O)c3ccco3)ccc21. The lowest BCUT2D eigenvalue weighted by Gasteiger charge is -2.11. The van der Waals surface area contributed by atoms with Crippen molar-refractivity contribution in [1.82, 2.24) is 9.88 Å². The summed E-state index contributed by atoms with van der Waals surface area (Å²) in [7, 11) is 0.